The Hall–Kier alpha value is -1.01. The first kappa shape index (κ1) is 18.0. The second kappa shape index (κ2) is 8.44. The molecule has 0 heterocycles. The van der Waals surface area contributed by atoms with Gasteiger partial charge in [0.15, 0.2) is 11.6 Å². The summed E-state index contributed by atoms with van der Waals surface area (Å²) < 4.78 is 49.2. The van der Waals surface area contributed by atoms with Gasteiger partial charge < -0.3 is 5.32 Å². The van der Waals surface area contributed by atoms with Crippen molar-refractivity contribution in [1.82, 2.24) is 5.32 Å². The van der Waals surface area contributed by atoms with Gasteiger partial charge in [0.2, 0.25) is 0 Å². The van der Waals surface area contributed by atoms with Crippen LogP contribution in [0.4, 0.5) is 8.78 Å². The van der Waals surface area contributed by atoms with Crippen LogP contribution < -0.4 is 5.32 Å². The Morgan fingerprint density at radius 2 is 2.00 bits per heavy atom. The van der Waals surface area contributed by atoms with Gasteiger partial charge in [0, 0.05) is 18.1 Å². The molecular weight excluding hydrogens is 296 g/mol. The summed E-state index contributed by atoms with van der Waals surface area (Å²) in [6.45, 7) is 2.78. The fourth-order valence-corrected chi connectivity index (χ4v) is 2.88. The third-order valence-electron chi connectivity index (χ3n) is 3.25. The molecule has 1 unspecified atom stereocenters. The highest BCUT2D eigenvalue weighted by molar-refractivity contribution is 7.90. The van der Waals surface area contributed by atoms with Gasteiger partial charge in [-0.2, -0.15) is 0 Å². The molecule has 0 spiro atoms. The van der Waals surface area contributed by atoms with E-state index in [9.17, 15) is 17.2 Å². The topological polar surface area (TPSA) is 46.2 Å². The summed E-state index contributed by atoms with van der Waals surface area (Å²) in [5, 5.41) is 3.27. The summed E-state index contributed by atoms with van der Waals surface area (Å²) in [6, 6.07) is 4.09. The third kappa shape index (κ3) is 7.00. The highest BCUT2D eigenvalue weighted by Gasteiger charge is 2.15. The average Bonchev–Trinajstić information content (AvgIpc) is 2.39. The third-order valence-corrected chi connectivity index (χ3v) is 4.28. The van der Waals surface area contributed by atoms with Crippen LogP contribution in [0.3, 0.4) is 0 Å². The predicted octanol–water partition coefficient (Wildman–Crippen LogP) is 2.70. The zero-order valence-corrected chi connectivity index (χ0v) is 13.3. The SMILES string of the molecule is CCCNC(CCCS(C)(=O)=O)Cc1cccc(F)c1F. The minimum atomic E-state index is -2.99. The van der Waals surface area contributed by atoms with E-state index in [0.29, 0.717) is 24.8 Å². The summed E-state index contributed by atoms with van der Waals surface area (Å²) in [4.78, 5) is 0. The number of halogens is 2. The van der Waals surface area contributed by atoms with E-state index in [4.69, 9.17) is 0 Å². The van der Waals surface area contributed by atoms with Crippen LogP contribution in [0, 0.1) is 11.6 Å². The van der Waals surface area contributed by atoms with Crippen LogP contribution in [-0.2, 0) is 16.3 Å². The number of hydrogen-bond acceptors (Lipinski definition) is 3. The van der Waals surface area contributed by atoms with Gasteiger partial charge in [-0.3, -0.25) is 0 Å². The van der Waals surface area contributed by atoms with E-state index in [1.807, 2.05) is 6.92 Å². The van der Waals surface area contributed by atoms with E-state index < -0.39 is 21.5 Å². The number of hydrogen-bond donors (Lipinski definition) is 1. The van der Waals surface area contributed by atoms with Gasteiger partial charge in [-0.15, -0.1) is 0 Å². The Bertz CT molecular complexity index is 547. The molecule has 1 aromatic rings. The molecule has 0 saturated carbocycles. The lowest BCUT2D eigenvalue weighted by Gasteiger charge is -2.19. The Balaban J connectivity index is 2.66. The molecule has 0 amide bonds. The first-order chi connectivity index (χ1) is 9.83. The number of benzene rings is 1. The first-order valence-electron chi connectivity index (χ1n) is 7.17. The van der Waals surface area contributed by atoms with Crippen molar-refractivity contribution in [3.8, 4) is 0 Å². The molecule has 0 radical (unpaired) electrons. The van der Waals surface area contributed by atoms with Crippen molar-refractivity contribution < 1.29 is 17.2 Å². The van der Waals surface area contributed by atoms with E-state index in [-0.39, 0.29) is 11.8 Å². The molecule has 6 heteroatoms. The average molecular weight is 319 g/mol. The van der Waals surface area contributed by atoms with Crippen molar-refractivity contribution >= 4 is 9.84 Å². The van der Waals surface area contributed by atoms with Gasteiger partial charge in [0.1, 0.15) is 9.84 Å². The smallest absolute Gasteiger partial charge is 0.162 e. The summed E-state index contributed by atoms with van der Waals surface area (Å²) in [6.07, 6.45) is 3.61. The maximum absolute atomic E-state index is 13.7. The molecule has 0 aliphatic rings. The minimum absolute atomic E-state index is 0.0528. The molecule has 120 valence electrons. The molecule has 0 aromatic heterocycles. The quantitative estimate of drug-likeness (QED) is 0.761. The molecule has 21 heavy (non-hydrogen) atoms. The fourth-order valence-electron chi connectivity index (χ4n) is 2.19. The highest BCUT2D eigenvalue weighted by atomic mass is 32.2. The molecule has 3 nitrogen and oxygen atoms in total. The number of rotatable bonds is 9. The largest absolute Gasteiger partial charge is 0.314 e. The molecular formula is C15H23F2NO2S. The van der Waals surface area contributed by atoms with E-state index in [1.54, 1.807) is 6.07 Å². The molecule has 1 rings (SSSR count). The summed E-state index contributed by atoms with van der Waals surface area (Å²) in [5.74, 6) is -1.55. The van der Waals surface area contributed by atoms with Crippen molar-refractivity contribution in [3.05, 3.63) is 35.4 Å². The molecule has 0 fully saturated rings. The van der Waals surface area contributed by atoms with Crippen LogP contribution >= 0.6 is 0 Å². The van der Waals surface area contributed by atoms with E-state index in [2.05, 4.69) is 5.32 Å². The maximum atomic E-state index is 13.7. The highest BCUT2D eigenvalue weighted by Crippen LogP contribution is 2.15. The van der Waals surface area contributed by atoms with Crippen molar-refractivity contribution in [3.63, 3.8) is 0 Å². The van der Waals surface area contributed by atoms with E-state index in [1.165, 1.54) is 12.3 Å². The monoisotopic (exact) mass is 319 g/mol. The lowest BCUT2D eigenvalue weighted by Crippen LogP contribution is -2.32. The molecule has 0 aliphatic heterocycles. The van der Waals surface area contributed by atoms with Crippen LogP contribution in [-0.4, -0.2) is 33.0 Å². The Kier molecular flexibility index (Phi) is 7.25. The normalized spacial score (nSPS) is 13.3. The van der Waals surface area contributed by atoms with Crippen molar-refractivity contribution in [1.29, 1.82) is 0 Å². The van der Waals surface area contributed by atoms with Gasteiger partial charge in [-0.05, 0) is 43.9 Å². The first-order valence-corrected chi connectivity index (χ1v) is 9.23. The molecule has 0 saturated heterocycles. The van der Waals surface area contributed by atoms with Gasteiger partial charge in [0.05, 0.1) is 0 Å². The van der Waals surface area contributed by atoms with Gasteiger partial charge in [-0.25, -0.2) is 17.2 Å². The van der Waals surface area contributed by atoms with Crippen molar-refractivity contribution in [2.24, 2.45) is 0 Å². The van der Waals surface area contributed by atoms with Crippen LogP contribution in [0.5, 0.6) is 0 Å². The lowest BCUT2D eigenvalue weighted by atomic mass is 10.0. The summed E-state index contributed by atoms with van der Waals surface area (Å²) in [5.41, 5.74) is 0.322. The minimum Gasteiger partial charge on any atom is -0.314 e. The maximum Gasteiger partial charge on any atom is 0.162 e. The fraction of sp³-hybridized carbons (Fsp3) is 0.600. The lowest BCUT2D eigenvalue weighted by molar-refractivity contribution is 0.450. The zero-order chi connectivity index (χ0) is 15.9. The number of sulfone groups is 1. The van der Waals surface area contributed by atoms with Crippen LogP contribution in [0.2, 0.25) is 0 Å². The Morgan fingerprint density at radius 1 is 1.29 bits per heavy atom. The van der Waals surface area contributed by atoms with E-state index in [0.717, 1.165) is 19.0 Å². The molecule has 1 N–H and O–H groups in total. The predicted molar refractivity (Wildman–Crippen MR) is 81.1 cm³/mol. The number of nitrogens with one attached hydrogen (secondary N) is 1. The van der Waals surface area contributed by atoms with Crippen LogP contribution in [0.1, 0.15) is 31.7 Å². The molecule has 0 bridgehead atoms. The second-order valence-electron chi connectivity index (χ2n) is 5.34. The molecule has 1 aromatic carbocycles. The van der Waals surface area contributed by atoms with Gasteiger partial charge in [0.25, 0.3) is 0 Å². The van der Waals surface area contributed by atoms with Crippen molar-refractivity contribution in [2.45, 2.75) is 38.6 Å². The standard InChI is InChI=1S/C15H23F2NO2S/c1-3-9-18-13(7-5-10-21(2,19)20)11-12-6-4-8-14(16)15(12)17/h4,6,8,13,18H,3,5,7,9-11H2,1-2H3. The second-order valence-corrected chi connectivity index (χ2v) is 7.60. The van der Waals surface area contributed by atoms with Crippen LogP contribution in [0.25, 0.3) is 0 Å². The van der Waals surface area contributed by atoms with Crippen LogP contribution in [0.15, 0.2) is 18.2 Å². The summed E-state index contributed by atoms with van der Waals surface area (Å²) in [7, 11) is -2.99. The van der Waals surface area contributed by atoms with E-state index >= 15 is 0 Å². The van der Waals surface area contributed by atoms with Crippen molar-refractivity contribution in [2.75, 3.05) is 18.6 Å². The molecule has 0 aliphatic carbocycles. The zero-order valence-electron chi connectivity index (χ0n) is 12.5. The Labute approximate surface area is 125 Å². The molecule has 1 atom stereocenters. The Morgan fingerprint density at radius 3 is 2.62 bits per heavy atom. The van der Waals surface area contributed by atoms with Gasteiger partial charge in [-0.1, -0.05) is 19.1 Å². The summed E-state index contributed by atoms with van der Waals surface area (Å²) >= 11 is 0. The van der Waals surface area contributed by atoms with Gasteiger partial charge >= 0.3 is 0 Å².